The molecule has 3 aromatic rings. The number of hydrogen-bond acceptors (Lipinski definition) is 11. The lowest BCUT2D eigenvalue weighted by Gasteiger charge is -2.24. The summed E-state index contributed by atoms with van der Waals surface area (Å²) in [7, 11) is 0. The minimum atomic E-state index is -1.19. The van der Waals surface area contributed by atoms with Crippen molar-refractivity contribution in [2.75, 3.05) is 12.3 Å². The van der Waals surface area contributed by atoms with Crippen molar-refractivity contribution in [1.82, 2.24) is 9.55 Å². The molecule has 2 N–H and O–H groups in total. The number of nitrogens with two attached hydrogens (primary N) is 1. The molecule has 0 saturated carbocycles. The molecule has 0 unspecified atom stereocenters. The largest absolute Gasteiger partial charge is 0.463 e. The van der Waals surface area contributed by atoms with Crippen molar-refractivity contribution in [1.29, 1.82) is 0 Å². The molecule has 0 bridgehead atoms. The van der Waals surface area contributed by atoms with E-state index in [2.05, 4.69) is 4.98 Å². The number of carbonyl (C=O) groups is 4. The summed E-state index contributed by atoms with van der Waals surface area (Å²) >= 11 is 0. The Balaban J connectivity index is 1.64. The Labute approximate surface area is 229 Å². The number of rotatable bonds is 9. The van der Waals surface area contributed by atoms with E-state index in [0.717, 1.165) is 11.1 Å². The lowest BCUT2D eigenvalue weighted by Crippen LogP contribution is -2.40. The molecule has 0 aliphatic carbocycles. The van der Waals surface area contributed by atoms with Crippen molar-refractivity contribution in [3.05, 3.63) is 83.8 Å². The maximum absolute atomic E-state index is 13.3. The number of esters is 4. The zero-order valence-corrected chi connectivity index (χ0v) is 22.1. The van der Waals surface area contributed by atoms with Crippen LogP contribution in [0.5, 0.6) is 0 Å². The van der Waals surface area contributed by atoms with Crippen LogP contribution in [-0.4, -0.2) is 58.3 Å². The molecule has 0 spiro atoms. The van der Waals surface area contributed by atoms with Crippen molar-refractivity contribution in [3.63, 3.8) is 0 Å². The van der Waals surface area contributed by atoms with E-state index in [1.807, 2.05) is 60.7 Å². The Morgan fingerprint density at radius 1 is 0.875 bits per heavy atom. The monoisotopic (exact) mass is 551 g/mol. The molecule has 210 valence electrons. The highest BCUT2D eigenvalue weighted by molar-refractivity contribution is 5.92. The number of nitrogens with zero attached hydrogens (tertiary/aromatic N) is 2. The highest BCUT2D eigenvalue weighted by Crippen LogP contribution is 2.37. The van der Waals surface area contributed by atoms with Gasteiger partial charge in [0, 0.05) is 20.8 Å². The summed E-state index contributed by atoms with van der Waals surface area (Å²) in [4.78, 5) is 52.6. The second kappa shape index (κ2) is 12.4. The first kappa shape index (κ1) is 28.3. The zero-order valence-electron chi connectivity index (χ0n) is 22.1. The van der Waals surface area contributed by atoms with Gasteiger partial charge < -0.3 is 29.4 Å². The summed E-state index contributed by atoms with van der Waals surface area (Å²) in [6.07, 6.45) is -4.00. The molecule has 1 fully saturated rings. The second-order valence-electron chi connectivity index (χ2n) is 9.01. The summed E-state index contributed by atoms with van der Waals surface area (Å²) in [5.41, 5.74) is 7.62. The first-order valence-corrected chi connectivity index (χ1v) is 12.4. The average Bonchev–Trinajstić information content (AvgIpc) is 3.46. The van der Waals surface area contributed by atoms with E-state index in [4.69, 9.17) is 29.4 Å². The van der Waals surface area contributed by atoms with Gasteiger partial charge in [-0.3, -0.25) is 19.0 Å². The molecule has 0 radical (unpaired) electrons. The first-order valence-electron chi connectivity index (χ1n) is 12.4. The Bertz CT molecular complexity index is 1320. The van der Waals surface area contributed by atoms with Crippen LogP contribution in [0, 0.1) is 0 Å². The van der Waals surface area contributed by atoms with Crippen LogP contribution in [-0.2, 0) is 38.1 Å². The smallest absolute Gasteiger partial charge is 0.361 e. The van der Waals surface area contributed by atoms with Gasteiger partial charge in [-0.2, -0.15) is 0 Å². The van der Waals surface area contributed by atoms with E-state index in [-0.39, 0.29) is 18.1 Å². The zero-order chi connectivity index (χ0) is 28.8. The van der Waals surface area contributed by atoms with Gasteiger partial charge in [-0.1, -0.05) is 60.7 Å². The van der Waals surface area contributed by atoms with Crippen LogP contribution >= 0.6 is 0 Å². The van der Waals surface area contributed by atoms with Crippen molar-refractivity contribution < 1.29 is 42.9 Å². The van der Waals surface area contributed by atoms with Gasteiger partial charge in [0.15, 0.2) is 30.2 Å². The summed E-state index contributed by atoms with van der Waals surface area (Å²) in [6.45, 7) is 3.27. The molecule has 1 aliphatic rings. The van der Waals surface area contributed by atoms with Crippen molar-refractivity contribution in [3.8, 4) is 0 Å². The van der Waals surface area contributed by atoms with Crippen LogP contribution < -0.4 is 5.73 Å². The summed E-state index contributed by atoms with van der Waals surface area (Å²) < 4.78 is 29.0. The first-order chi connectivity index (χ1) is 19.2. The molecular formula is C28H29N3O9. The molecule has 40 heavy (non-hydrogen) atoms. The molecule has 0 amide bonds. The highest BCUT2D eigenvalue weighted by Gasteiger charge is 2.51. The number of anilines is 1. The highest BCUT2D eigenvalue weighted by atomic mass is 16.7. The van der Waals surface area contributed by atoms with Gasteiger partial charge in [0.05, 0.1) is 6.33 Å². The molecule has 1 aliphatic heterocycles. The summed E-state index contributed by atoms with van der Waals surface area (Å²) in [6, 6.07) is 18.4. The molecule has 4 atom stereocenters. The number of benzene rings is 2. The minimum Gasteiger partial charge on any atom is -0.463 e. The maximum Gasteiger partial charge on any atom is 0.361 e. The third-order valence-electron chi connectivity index (χ3n) is 6.07. The van der Waals surface area contributed by atoms with Gasteiger partial charge in [-0.15, -0.1) is 0 Å². The SMILES string of the molecule is CC(=O)OC[C@H]1O[C@@H](n2cnc(C(=O)OC(c3ccccc3)c3ccccc3)c2N)[C@H](OC(C)=O)[C@@H]1OC(C)=O. The molecule has 1 saturated heterocycles. The number of imidazole rings is 1. The standard InChI is InChI=1S/C28H29N3O9/c1-16(32)36-14-21-24(37-17(2)33)25(38-18(3)34)27(39-21)31-15-30-22(26(31)29)28(35)40-23(19-10-6-4-7-11-19)20-12-8-5-9-13-20/h4-13,15,21,23-25,27H,14,29H2,1-3H3/t21-,24-,25-,27-/m1/s1. The summed E-state index contributed by atoms with van der Waals surface area (Å²) in [5, 5.41) is 0. The number of hydrogen-bond donors (Lipinski definition) is 1. The molecule has 4 rings (SSSR count). The number of aromatic nitrogens is 2. The topological polar surface area (TPSA) is 158 Å². The second-order valence-corrected chi connectivity index (χ2v) is 9.01. The third-order valence-corrected chi connectivity index (χ3v) is 6.07. The fourth-order valence-corrected chi connectivity index (χ4v) is 4.39. The van der Waals surface area contributed by atoms with E-state index in [1.54, 1.807) is 0 Å². The molecule has 1 aromatic heterocycles. The van der Waals surface area contributed by atoms with Crippen molar-refractivity contribution in [2.45, 2.75) is 51.4 Å². The maximum atomic E-state index is 13.3. The van der Waals surface area contributed by atoms with Crippen LogP contribution in [0.25, 0.3) is 0 Å². The molecule has 12 heteroatoms. The van der Waals surface area contributed by atoms with Crippen LogP contribution in [0.2, 0.25) is 0 Å². The molecule has 2 aromatic carbocycles. The van der Waals surface area contributed by atoms with Gasteiger partial charge in [-0.25, -0.2) is 9.78 Å². The van der Waals surface area contributed by atoms with Gasteiger partial charge in [0.25, 0.3) is 0 Å². The van der Waals surface area contributed by atoms with Gasteiger partial charge in [0.2, 0.25) is 0 Å². The Hall–Kier alpha value is -4.71. The Kier molecular flexibility index (Phi) is 8.80. The lowest BCUT2D eigenvalue weighted by molar-refractivity contribution is -0.166. The average molecular weight is 552 g/mol. The predicted octanol–water partition coefficient (Wildman–Crippen LogP) is 2.74. The number of ether oxygens (including phenoxy) is 5. The van der Waals surface area contributed by atoms with Gasteiger partial charge in [0.1, 0.15) is 18.5 Å². The third kappa shape index (κ3) is 6.46. The fourth-order valence-electron chi connectivity index (χ4n) is 4.39. The molecule has 2 heterocycles. The van der Waals surface area contributed by atoms with E-state index < -0.39 is 54.5 Å². The van der Waals surface area contributed by atoms with Crippen molar-refractivity contribution >= 4 is 29.7 Å². The van der Waals surface area contributed by atoms with Crippen molar-refractivity contribution in [2.24, 2.45) is 0 Å². The van der Waals surface area contributed by atoms with E-state index in [0.29, 0.717) is 0 Å². The van der Waals surface area contributed by atoms with Gasteiger partial charge >= 0.3 is 23.9 Å². The molecule has 12 nitrogen and oxygen atoms in total. The van der Waals surface area contributed by atoms with E-state index in [9.17, 15) is 19.2 Å². The van der Waals surface area contributed by atoms with Crippen LogP contribution in [0.4, 0.5) is 5.82 Å². The summed E-state index contributed by atoms with van der Waals surface area (Å²) in [5.74, 6) is -2.88. The quantitative estimate of drug-likeness (QED) is 0.308. The van der Waals surface area contributed by atoms with E-state index >= 15 is 0 Å². The number of carbonyl (C=O) groups excluding carboxylic acids is 4. The minimum absolute atomic E-state index is 0.137. The van der Waals surface area contributed by atoms with Crippen LogP contribution in [0.3, 0.4) is 0 Å². The Morgan fingerprint density at radius 3 is 1.95 bits per heavy atom. The molecular weight excluding hydrogens is 522 g/mol. The normalized spacial score (nSPS) is 20.1. The van der Waals surface area contributed by atoms with Gasteiger partial charge in [-0.05, 0) is 11.1 Å². The number of nitrogen functional groups attached to an aromatic ring is 1. The van der Waals surface area contributed by atoms with Crippen LogP contribution in [0.1, 0.15) is 54.7 Å². The van der Waals surface area contributed by atoms with Crippen LogP contribution in [0.15, 0.2) is 67.0 Å². The Morgan fingerprint density at radius 2 is 1.43 bits per heavy atom. The lowest BCUT2D eigenvalue weighted by atomic mass is 10.0. The predicted molar refractivity (Wildman–Crippen MR) is 138 cm³/mol. The fraction of sp³-hybridized carbons (Fsp3) is 0.321. The van der Waals surface area contributed by atoms with E-state index in [1.165, 1.54) is 31.7 Å².